The molecule has 1 atom stereocenters. The van der Waals surface area contributed by atoms with E-state index in [1.165, 1.54) is 0 Å². The van der Waals surface area contributed by atoms with Gasteiger partial charge >= 0.3 is 0 Å². The molecule has 0 radical (unpaired) electrons. The lowest BCUT2D eigenvalue weighted by atomic mass is 9.90. The van der Waals surface area contributed by atoms with Gasteiger partial charge in [0.25, 0.3) is 5.91 Å². The fraction of sp³-hybridized carbons (Fsp3) is 0.290. The topological polar surface area (TPSA) is 69.6 Å². The van der Waals surface area contributed by atoms with Gasteiger partial charge in [-0.05, 0) is 54.5 Å². The third-order valence-corrected chi connectivity index (χ3v) is 7.73. The molecule has 2 aliphatic heterocycles. The molecule has 194 valence electrons. The molecule has 1 N–H and O–H groups in total. The minimum Gasteiger partial charge on any atom is -0.381 e. The number of nitrogens with zero attached hydrogens (tertiary/aromatic N) is 1. The van der Waals surface area contributed by atoms with Crippen LogP contribution in [0.3, 0.4) is 0 Å². The molecule has 4 aromatic rings. The number of carbonyl (C=O) groups excluding carboxylic acids is 1. The van der Waals surface area contributed by atoms with E-state index in [9.17, 15) is 9.59 Å². The Morgan fingerprint density at radius 2 is 1.76 bits per heavy atom. The molecule has 1 fully saturated rings. The number of hydrogen-bond donors (Lipinski definition) is 1. The van der Waals surface area contributed by atoms with Gasteiger partial charge in [0.15, 0.2) is 6.23 Å². The zero-order valence-corrected chi connectivity index (χ0v) is 21.7. The van der Waals surface area contributed by atoms with Crippen molar-refractivity contribution in [3.63, 3.8) is 0 Å². The first-order valence-corrected chi connectivity index (χ1v) is 13.4. The molecule has 7 heteroatoms. The fourth-order valence-electron chi connectivity index (χ4n) is 5.51. The molecule has 0 saturated carbocycles. The van der Waals surface area contributed by atoms with Gasteiger partial charge in [-0.3, -0.25) is 9.59 Å². The predicted molar refractivity (Wildman–Crippen MR) is 147 cm³/mol. The maximum atomic E-state index is 13.8. The number of ether oxygens (including phenoxy) is 2. The van der Waals surface area contributed by atoms with Gasteiger partial charge in [0, 0.05) is 47.5 Å². The average molecular weight is 529 g/mol. The number of benzene rings is 3. The molecule has 0 bridgehead atoms. The van der Waals surface area contributed by atoms with Crippen molar-refractivity contribution in [2.75, 3.05) is 13.2 Å². The SMILES string of the molecule is O=C(NCc1ccc(Cl)cc1)c1cn2c3c(cc(CC4CCOCC4)cc3c1=O)COC2c1ccccc1. The Morgan fingerprint density at radius 1 is 1.00 bits per heavy atom. The lowest BCUT2D eigenvalue weighted by Crippen LogP contribution is -2.32. The zero-order valence-electron chi connectivity index (χ0n) is 21.0. The largest absolute Gasteiger partial charge is 0.381 e. The summed E-state index contributed by atoms with van der Waals surface area (Å²) < 4.78 is 13.8. The molecule has 6 nitrogen and oxygen atoms in total. The van der Waals surface area contributed by atoms with E-state index in [0.29, 0.717) is 29.5 Å². The van der Waals surface area contributed by atoms with Crippen LogP contribution in [-0.4, -0.2) is 23.7 Å². The normalized spacial score (nSPS) is 17.4. The Balaban J connectivity index is 1.42. The quantitative estimate of drug-likeness (QED) is 0.352. The summed E-state index contributed by atoms with van der Waals surface area (Å²) in [7, 11) is 0. The van der Waals surface area contributed by atoms with Gasteiger partial charge in [0.1, 0.15) is 5.56 Å². The van der Waals surface area contributed by atoms with Gasteiger partial charge in [0.2, 0.25) is 5.43 Å². The number of rotatable bonds is 6. The molecule has 38 heavy (non-hydrogen) atoms. The van der Waals surface area contributed by atoms with Crippen LogP contribution in [0.25, 0.3) is 10.9 Å². The van der Waals surface area contributed by atoms with E-state index in [2.05, 4.69) is 11.4 Å². The van der Waals surface area contributed by atoms with Crippen LogP contribution in [-0.2, 0) is 29.0 Å². The summed E-state index contributed by atoms with van der Waals surface area (Å²) in [5.74, 6) is 0.104. The Labute approximate surface area is 226 Å². The lowest BCUT2D eigenvalue weighted by Gasteiger charge is -2.30. The molecule has 1 unspecified atom stereocenters. The lowest BCUT2D eigenvalue weighted by molar-refractivity contribution is 0.0134. The number of hydrogen-bond acceptors (Lipinski definition) is 4. The van der Waals surface area contributed by atoms with Crippen LogP contribution >= 0.6 is 11.6 Å². The first-order valence-electron chi connectivity index (χ1n) is 13.0. The summed E-state index contributed by atoms with van der Waals surface area (Å²) in [4.78, 5) is 27.2. The van der Waals surface area contributed by atoms with E-state index in [1.54, 1.807) is 18.3 Å². The Kier molecular flexibility index (Phi) is 7.02. The molecule has 1 amide bonds. The van der Waals surface area contributed by atoms with Crippen molar-refractivity contribution in [2.45, 2.75) is 38.6 Å². The summed E-state index contributed by atoms with van der Waals surface area (Å²) in [6.45, 7) is 2.25. The van der Waals surface area contributed by atoms with Crippen LogP contribution in [0.5, 0.6) is 0 Å². The molecule has 3 heterocycles. The second-order valence-corrected chi connectivity index (χ2v) is 10.5. The summed E-state index contributed by atoms with van der Waals surface area (Å²) in [6, 6.07) is 21.3. The molecule has 0 spiro atoms. The number of amides is 1. The van der Waals surface area contributed by atoms with Gasteiger partial charge in [0.05, 0.1) is 12.1 Å². The van der Waals surface area contributed by atoms with Crippen LogP contribution in [0.2, 0.25) is 5.02 Å². The van der Waals surface area contributed by atoms with Crippen molar-refractivity contribution in [3.8, 4) is 0 Å². The Morgan fingerprint density at radius 3 is 2.53 bits per heavy atom. The van der Waals surface area contributed by atoms with E-state index in [-0.39, 0.29) is 11.0 Å². The predicted octanol–water partition coefficient (Wildman–Crippen LogP) is 5.63. The maximum Gasteiger partial charge on any atom is 0.257 e. The van der Waals surface area contributed by atoms with E-state index in [4.69, 9.17) is 21.1 Å². The molecule has 1 aromatic heterocycles. The third-order valence-electron chi connectivity index (χ3n) is 7.47. The highest BCUT2D eigenvalue weighted by Crippen LogP contribution is 2.34. The first kappa shape index (κ1) is 24.9. The minimum absolute atomic E-state index is 0.104. The molecular formula is C31H29ClN2O4. The van der Waals surface area contributed by atoms with Gasteiger partial charge in [-0.25, -0.2) is 0 Å². The zero-order chi connectivity index (χ0) is 26.1. The highest BCUT2D eigenvalue weighted by molar-refractivity contribution is 6.30. The minimum atomic E-state index is -0.434. The number of aromatic nitrogens is 1. The first-order chi connectivity index (χ1) is 18.6. The summed E-state index contributed by atoms with van der Waals surface area (Å²) in [5, 5.41) is 4.10. The molecule has 6 rings (SSSR count). The smallest absolute Gasteiger partial charge is 0.257 e. The Hall–Kier alpha value is -3.45. The molecule has 3 aromatic carbocycles. The summed E-state index contributed by atoms with van der Waals surface area (Å²) in [6.07, 6.45) is 4.12. The number of carbonyl (C=O) groups is 1. The molecular weight excluding hydrogens is 500 g/mol. The van der Waals surface area contributed by atoms with Gasteiger partial charge in [-0.1, -0.05) is 60.1 Å². The van der Waals surface area contributed by atoms with Crippen molar-refractivity contribution in [1.82, 2.24) is 9.88 Å². The van der Waals surface area contributed by atoms with Gasteiger partial charge in [-0.2, -0.15) is 0 Å². The van der Waals surface area contributed by atoms with Crippen molar-refractivity contribution in [2.24, 2.45) is 5.92 Å². The molecule has 1 saturated heterocycles. The number of pyridine rings is 1. The van der Waals surface area contributed by atoms with E-state index < -0.39 is 12.1 Å². The van der Waals surface area contributed by atoms with E-state index in [0.717, 1.165) is 60.2 Å². The number of nitrogens with one attached hydrogen (secondary N) is 1. The Bertz CT molecular complexity index is 1530. The monoisotopic (exact) mass is 528 g/mol. The molecule has 2 aliphatic rings. The summed E-state index contributed by atoms with van der Waals surface area (Å²) >= 11 is 5.99. The second-order valence-electron chi connectivity index (χ2n) is 10.1. The van der Waals surface area contributed by atoms with Crippen molar-refractivity contribution >= 4 is 28.4 Å². The van der Waals surface area contributed by atoms with Crippen molar-refractivity contribution < 1.29 is 14.3 Å². The van der Waals surface area contributed by atoms with Crippen molar-refractivity contribution in [1.29, 1.82) is 0 Å². The number of halogens is 1. The highest BCUT2D eigenvalue weighted by Gasteiger charge is 2.27. The second kappa shape index (κ2) is 10.7. The van der Waals surface area contributed by atoms with Gasteiger partial charge < -0.3 is 19.4 Å². The van der Waals surface area contributed by atoms with Crippen LogP contribution < -0.4 is 10.7 Å². The van der Waals surface area contributed by atoms with Crippen LogP contribution in [0.1, 0.15) is 51.7 Å². The average Bonchev–Trinajstić information content (AvgIpc) is 2.95. The third kappa shape index (κ3) is 4.99. The molecule has 0 aliphatic carbocycles. The van der Waals surface area contributed by atoms with Crippen LogP contribution in [0.4, 0.5) is 0 Å². The van der Waals surface area contributed by atoms with Crippen LogP contribution in [0, 0.1) is 5.92 Å². The summed E-state index contributed by atoms with van der Waals surface area (Å²) in [5.41, 5.74) is 4.62. The van der Waals surface area contributed by atoms with E-state index >= 15 is 0 Å². The fourth-order valence-corrected chi connectivity index (χ4v) is 5.63. The highest BCUT2D eigenvalue weighted by atomic mass is 35.5. The standard InChI is InChI=1S/C31H29ClN2O4/c32-25-8-6-21(7-9-25)17-33-30(36)27-18-34-28-24(19-38-31(34)23-4-2-1-3-5-23)15-22(16-26(28)29(27)35)14-20-10-12-37-13-11-20/h1-9,15-16,18,20,31H,10-14,17,19H2,(H,33,36). The van der Waals surface area contributed by atoms with Gasteiger partial charge in [-0.15, -0.1) is 0 Å². The maximum absolute atomic E-state index is 13.8. The van der Waals surface area contributed by atoms with E-state index in [1.807, 2.05) is 53.1 Å². The van der Waals surface area contributed by atoms with Crippen LogP contribution in [0.15, 0.2) is 77.7 Å². The van der Waals surface area contributed by atoms with Crippen molar-refractivity contribution in [3.05, 3.63) is 116 Å².